The maximum atomic E-state index is 13.4. The Kier molecular flexibility index (Phi) is 5.52. The number of ether oxygens (including phenoxy) is 1. The van der Waals surface area contributed by atoms with E-state index in [0.29, 0.717) is 18.9 Å². The lowest BCUT2D eigenvalue weighted by Crippen LogP contribution is -2.41. The second-order valence-corrected chi connectivity index (χ2v) is 7.62. The Morgan fingerprint density at radius 1 is 1.09 bits per heavy atom. The van der Waals surface area contributed by atoms with Crippen LogP contribution in [0.2, 0.25) is 0 Å². The van der Waals surface area contributed by atoms with Gasteiger partial charge in [0, 0.05) is 19.3 Å². The van der Waals surface area contributed by atoms with E-state index in [-0.39, 0.29) is 11.2 Å². The van der Waals surface area contributed by atoms with Crippen molar-refractivity contribution in [3.8, 4) is 5.95 Å². The molecule has 0 aliphatic rings. The van der Waals surface area contributed by atoms with Crippen molar-refractivity contribution in [3.05, 3.63) is 74.2 Å². The molecule has 0 spiro atoms. The molecule has 166 valence electrons. The summed E-state index contributed by atoms with van der Waals surface area (Å²) in [7, 11) is 2.73. The zero-order valence-electron chi connectivity index (χ0n) is 18.4. The molecule has 0 bridgehead atoms. The second kappa shape index (κ2) is 8.29. The summed E-state index contributed by atoms with van der Waals surface area (Å²) in [6, 6.07) is 11.8. The topological polar surface area (TPSA) is 106 Å². The summed E-state index contributed by atoms with van der Waals surface area (Å²) in [5.74, 6) is -0.248. The summed E-state index contributed by atoms with van der Waals surface area (Å²) < 4.78 is 10.2. The predicted molar refractivity (Wildman–Crippen MR) is 118 cm³/mol. The van der Waals surface area contributed by atoms with Gasteiger partial charge in [-0.15, -0.1) is 0 Å². The maximum absolute atomic E-state index is 13.4. The molecule has 0 unspecified atom stereocenters. The first kappa shape index (κ1) is 21.3. The van der Waals surface area contributed by atoms with Gasteiger partial charge in [0.25, 0.3) is 5.56 Å². The van der Waals surface area contributed by atoms with E-state index in [4.69, 9.17) is 0 Å². The highest BCUT2D eigenvalue weighted by molar-refractivity contribution is 5.74. The van der Waals surface area contributed by atoms with Crippen LogP contribution in [0.3, 0.4) is 0 Å². The van der Waals surface area contributed by atoms with Crippen molar-refractivity contribution in [2.45, 2.75) is 33.4 Å². The molecule has 0 saturated carbocycles. The standard InChI is InChI=1S/C22H24N6O4/c1-14-12-15(2)28(24-14)21-23-19-18(26(21)11-10-16-8-6-5-7-9-16)20(30)27(13-17(29)32-4)22(31)25(19)3/h5-9,12H,10-11,13H2,1-4H3. The Labute approximate surface area is 183 Å². The second-order valence-electron chi connectivity index (χ2n) is 7.62. The molecule has 3 heterocycles. The average Bonchev–Trinajstić information content (AvgIpc) is 3.33. The monoisotopic (exact) mass is 436 g/mol. The van der Waals surface area contributed by atoms with Crippen LogP contribution in [-0.4, -0.2) is 41.5 Å². The Morgan fingerprint density at radius 2 is 1.81 bits per heavy atom. The normalized spacial score (nSPS) is 11.2. The van der Waals surface area contributed by atoms with Gasteiger partial charge in [0.05, 0.1) is 12.8 Å². The SMILES string of the molecule is COC(=O)Cn1c(=O)c2c(nc(-n3nc(C)cc3C)n2CCc2ccccc2)n(C)c1=O. The highest BCUT2D eigenvalue weighted by Crippen LogP contribution is 2.18. The lowest BCUT2D eigenvalue weighted by Gasteiger charge is -2.11. The molecular formula is C22H24N6O4. The number of hydrogen-bond acceptors (Lipinski definition) is 6. The van der Waals surface area contributed by atoms with E-state index in [1.165, 1.54) is 18.7 Å². The highest BCUT2D eigenvalue weighted by atomic mass is 16.5. The molecule has 1 aromatic carbocycles. The quantitative estimate of drug-likeness (QED) is 0.419. The number of methoxy groups -OCH3 is 1. The Morgan fingerprint density at radius 3 is 2.44 bits per heavy atom. The molecule has 0 aliphatic carbocycles. The van der Waals surface area contributed by atoms with Crippen molar-refractivity contribution in [1.82, 2.24) is 28.5 Å². The summed E-state index contributed by atoms with van der Waals surface area (Å²) in [6.45, 7) is 3.73. The molecule has 4 aromatic rings. The molecule has 4 rings (SSSR count). The van der Waals surface area contributed by atoms with Gasteiger partial charge in [0.1, 0.15) is 6.54 Å². The number of aryl methyl sites for hydroxylation is 5. The smallest absolute Gasteiger partial charge is 0.333 e. The van der Waals surface area contributed by atoms with Crippen molar-refractivity contribution < 1.29 is 9.53 Å². The minimum absolute atomic E-state index is 0.231. The van der Waals surface area contributed by atoms with Gasteiger partial charge >= 0.3 is 11.7 Å². The summed E-state index contributed by atoms with van der Waals surface area (Å²) in [4.78, 5) is 42.6. The van der Waals surface area contributed by atoms with Crippen LogP contribution in [0.4, 0.5) is 0 Å². The highest BCUT2D eigenvalue weighted by Gasteiger charge is 2.23. The number of rotatable bonds is 6. The number of nitrogens with zero attached hydrogens (tertiary/aromatic N) is 6. The molecule has 0 fully saturated rings. The number of hydrogen-bond donors (Lipinski definition) is 0. The van der Waals surface area contributed by atoms with Gasteiger partial charge in [-0.05, 0) is 31.9 Å². The first-order valence-corrected chi connectivity index (χ1v) is 10.2. The third kappa shape index (κ3) is 3.64. The van der Waals surface area contributed by atoms with Gasteiger partial charge < -0.3 is 9.30 Å². The van der Waals surface area contributed by atoms with E-state index >= 15 is 0 Å². The minimum atomic E-state index is -0.683. The van der Waals surface area contributed by atoms with E-state index in [1.807, 2.05) is 50.2 Å². The average molecular weight is 436 g/mol. The van der Waals surface area contributed by atoms with Crippen molar-refractivity contribution in [3.63, 3.8) is 0 Å². The molecular weight excluding hydrogens is 412 g/mol. The van der Waals surface area contributed by atoms with Crippen LogP contribution in [0.25, 0.3) is 17.1 Å². The Hall–Kier alpha value is -3.95. The van der Waals surface area contributed by atoms with Gasteiger partial charge in [-0.2, -0.15) is 10.1 Å². The molecule has 32 heavy (non-hydrogen) atoms. The number of carbonyl (C=O) groups is 1. The third-order valence-corrected chi connectivity index (χ3v) is 5.39. The molecule has 10 nitrogen and oxygen atoms in total. The summed E-state index contributed by atoms with van der Waals surface area (Å²) in [5, 5.41) is 4.52. The molecule has 0 radical (unpaired) electrons. The van der Waals surface area contributed by atoms with Crippen molar-refractivity contribution >= 4 is 17.1 Å². The summed E-state index contributed by atoms with van der Waals surface area (Å²) >= 11 is 0. The van der Waals surface area contributed by atoms with E-state index in [9.17, 15) is 14.4 Å². The lowest BCUT2D eigenvalue weighted by atomic mass is 10.1. The van der Waals surface area contributed by atoms with Crippen LogP contribution < -0.4 is 11.2 Å². The van der Waals surface area contributed by atoms with Crippen molar-refractivity contribution in [2.75, 3.05) is 7.11 Å². The van der Waals surface area contributed by atoms with Crippen LogP contribution in [0.15, 0.2) is 46.0 Å². The molecule has 0 N–H and O–H groups in total. The minimum Gasteiger partial charge on any atom is -0.468 e. The fourth-order valence-corrected chi connectivity index (χ4v) is 3.78. The molecule has 0 atom stereocenters. The lowest BCUT2D eigenvalue weighted by molar-refractivity contribution is -0.141. The Balaban J connectivity index is 1.98. The zero-order chi connectivity index (χ0) is 23.0. The number of aromatic nitrogens is 6. The fraction of sp³-hybridized carbons (Fsp3) is 0.318. The van der Waals surface area contributed by atoms with Gasteiger partial charge in [-0.25, -0.2) is 14.0 Å². The van der Waals surface area contributed by atoms with Gasteiger partial charge in [-0.1, -0.05) is 30.3 Å². The van der Waals surface area contributed by atoms with Crippen LogP contribution in [0.1, 0.15) is 17.0 Å². The number of fused-ring (bicyclic) bond motifs is 1. The van der Waals surface area contributed by atoms with Gasteiger partial charge in [-0.3, -0.25) is 14.2 Å². The van der Waals surface area contributed by atoms with Crippen LogP contribution >= 0.6 is 0 Å². The van der Waals surface area contributed by atoms with E-state index in [1.54, 1.807) is 9.25 Å². The molecule has 0 saturated heterocycles. The van der Waals surface area contributed by atoms with E-state index < -0.39 is 23.8 Å². The van der Waals surface area contributed by atoms with Crippen LogP contribution in [0, 0.1) is 13.8 Å². The molecule has 0 amide bonds. The van der Waals surface area contributed by atoms with Crippen LogP contribution in [0.5, 0.6) is 0 Å². The first-order valence-electron chi connectivity index (χ1n) is 10.2. The zero-order valence-corrected chi connectivity index (χ0v) is 18.4. The van der Waals surface area contributed by atoms with Gasteiger partial charge in [0.2, 0.25) is 5.95 Å². The van der Waals surface area contributed by atoms with E-state index in [0.717, 1.165) is 21.5 Å². The molecule has 0 aliphatic heterocycles. The molecule has 10 heteroatoms. The summed E-state index contributed by atoms with van der Waals surface area (Å²) in [6.07, 6.45) is 0.637. The number of esters is 1. The number of carbonyl (C=O) groups excluding carboxylic acids is 1. The largest absolute Gasteiger partial charge is 0.468 e. The number of imidazole rings is 1. The van der Waals surface area contributed by atoms with Crippen molar-refractivity contribution in [2.24, 2.45) is 7.05 Å². The van der Waals surface area contributed by atoms with E-state index in [2.05, 4.69) is 14.8 Å². The fourth-order valence-electron chi connectivity index (χ4n) is 3.78. The van der Waals surface area contributed by atoms with Crippen molar-refractivity contribution in [1.29, 1.82) is 0 Å². The van der Waals surface area contributed by atoms with Gasteiger partial charge in [0.15, 0.2) is 11.2 Å². The molecule has 3 aromatic heterocycles. The number of benzene rings is 1. The first-order chi connectivity index (χ1) is 15.3. The Bertz CT molecular complexity index is 1420. The maximum Gasteiger partial charge on any atom is 0.333 e. The summed E-state index contributed by atoms with van der Waals surface area (Å²) in [5.41, 5.74) is 1.97. The third-order valence-electron chi connectivity index (χ3n) is 5.39. The predicted octanol–water partition coefficient (Wildman–Crippen LogP) is 1.11. The van der Waals surface area contributed by atoms with Crippen LogP contribution in [-0.2, 0) is 36.1 Å².